The first-order chi connectivity index (χ1) is 14.0. The van der Waals surface area contributed by atoms with Gasteiger partial charge in [0.25, 0.3) is 11.8 Å². The van der Waals surface area contributed by atoms with Gasteiger partial charge in [-0.3, -0.25) is 29.4 Å². The number of nitrogens with one attached hydrogen (secondary N) is 2. The van der Waals surface area contributed by atoms with E-state index in [-0.39, 0.29) is 18.7 Å². The Bertz CT molecular complexity index is 808. The number of hydrogen-bond acceptors (Lipinski definition) is 6. The van der Waals surface area contributed by atoms with Gasteiger partial charge >= 0.3 is 0 Å². The second-order valence-corrected chi connectivity index (χ2v) is 7.21. The van der Waals surface area contributed by atoms with Crippen molar-refractivity contribution in [1.29, 1.82) is 0 Å². The van der Waals surface area contributed by atoms with Crippen LogP contribution in [-0.2, 0) is 14.3 Å². The van der Waals surface area contributed by atoms with Gasteiger partial charge in [-0.05, 0) is 38.3 Å². The molecule has 2 N–H and O–H groups in total. The second kappa shape index (κ2) is 9.65. The Morgan fingerprint density at radius 3 is 2.66 bits per heavy atom. The monoisotopic (exact) mass is 401 g/mol. The molecule has 0 spiro atoms. The Morgan fingerprint density at radius 1 is 1.10 bits per heavy atom. The van der Waals surface area contributed by atoms with Crippen molar-refractivity contribution in [1.82, 2.24) is 10.2 Å². The standard InChI is InChI=1S/C21H27N3O5/c1-2-29-13-6-4-3-5-12-22-15-9-7-8-14-18(15)21(28)24(20(14)27)16-10-11-17(25)23-19(16)26/h7-9,16,22H,2-6,10-13H2,1H3,(H,23,25,26). The third-order valence-electron chi connectivity index (χ3n) is 5.20. The molecule has 0 bridgehead atoms. The van der Waals surface area contributed by atoms with Crippen molar-refractivity contribution in [2.24, 2.45) is 0 Å². The van der Waals surface area contributed by atoms with Crippen LogP contribution in [0.5, 0.6) is 0 Å². The molecule has 1 atom stereocenters. The van der Waals surface area contributed by atoms with Crippen LogP contribution in [-0.4, -0.2) is 54.3 Å². The lowest BCUT2D eigenvalue weighted by Crippen LogP contribution is -2.54. The number of fused-ring (bicyclic) bond motifs is 1. The number of unbranched alkanes of at least 4 members (excludes halogenated alkanes) is 3. The predicted molar refractivity (Wildman–Crippen MR) is 107 cm³/mol. The normalized spacial score (nSPS) is 18.8. The van der Waals surface area contributed by atoms with Crippen molar-refractivity contribution in [3.05, 3.63) is 29.3 Å². The molecule has 0 saturated carbocycles. The van der Waals surface area contributed by atoms with Crippen molar-refractivity contribution in [3.63, 3.8) is 0 Å². The predicted octanol–water partition coefficient (Wildman–Crippen LogP) is 2.10. The summed E-state index contributed by atoms with van der Waals surface area (Å²) in [6.45, 7) is 4.19. The molecular weight excluding hydrogens is 374 g/mol. The van der Waals surface area contributed by atoms with Crippen molar-refractivity contribution in [3.8, 4) is 0 Å². The first-order valence-electron chi connectivity index (χ1n) is 10.2. The molecule has 29 heavy (non-hydrogen) atoms. The number of carbonyl (C=O) groups excluding carboxylic acids is 4. The third kappa shape index (κ3) is 4.64. The fourth-order valence-electron chi connectivity index (χ4n) is 3.71. The summed E-state index contributed by atoms with van der Waals surface area (Å²) in [6, 6.07) is 4.15. The number of ether oxygens (including phenoxy) is 1. The van der Waals surface area contributed by atoms with Crippen molar-refractivity contribution >= 4 is 29.3 Å². The summed E-state index contributed by atoms with van der Waals surface area (Å²) in [5, 5.41) is 5.46. The number of anilines is 1. The summed E-state index contributed by atoms with van der Waals surface area (Å²) in [6.07, 6.45) is 4.36. The van der Waals surface area contributed by atoms with Crippen molar-refractivity contribution in [2.45, 2.75) is 51.5 Å². The highest BCUT2D eigenvalue weighted by Gasteiger charge is 2.45. The van der Waals surface area contributed by atoms with Gasteiger partial charge in [0.15, 0.2) is 0 Å². The zero-order chi connectivity index (χ0) is 20.8. The molecule has 3 rings (SSSR count). The summed E-state index contributed by atoms with van der Waals surface area (Å²) in [7, 11) is 0. The lowest BCUT2D eigenvalue weighted by Gasteiger charge is -2.27. The third-order valence-corrected chi connectivity index (χ3v) is 5.20. The highest BCUT2D eigenvalue weighted by atomic mass is 16.5. The molecular formula is C21H27N3O5. The Balaban J connectivity index is 1.61. The zero-order valence-electron chi connectivity index (χ0n) is 16.7. The molecule has 1 fully saturated rings. The average molecular weight is 401 g/mol. The van der Waals surface area contributed by atoms with Crippen LogP contribution < -0.4 is 10.6 Å². The highest BCUT2D eigenvalue weighted by molar-refractivity contribution is 6.25. The molecule has 1 aromatic rings. The maximum Gasteiger partial charge on any atom is 0.264 e. The van der Waals surface area contributed by atoms with E-state index in [1.165, 1.54) is 0 Å². The number of piperidine rings is 1. The van der Waals surface area contributed by atoms with Crippen molar-refractivity contribution < 1.29 is 23.9 Å². The largest absolute Gasteiger partial charge is 0.384 e. The van der Waals surface area contributed by atoms with E-state index in [2.05, 4.69) is 10.6 Å². The minimum absolute atomic E-state index is 0.109. The Labute approximate surface area is 170 Å². The van der Waals surface area contributed by atoms with Crippen LogP contribution >= 0.6 is 0 Å². The number of nitrogens with zero attached hydrogens (tertiary/aromatic N) is 1. The van der Waals surface area contributed by atoms with Gasteiger partial charge in [0, 0.05) is 31.9 Å². The minimum Gasteiger partial charge on any atom is -0.384 e. The van der Waals surface area contributed by atoms with Crippen LogP contribution in [0.3, 0.4) is 0 Å². The molecule has 1 saturated heterocycles. The molecule has 2 aliphatic heterocycles. The molecule has 156 valence electrons. The number of imide groups is 2. The Kier molecular flexibility index (Phi) is 6.98. The number of hydrogen-bond donors (Lipinski definition) is 2. The fourth-order valence-corrected chi connectivity index (χ4v) is 3.71. The first kappa shape index (κ1) is 21.0. The van der Waals surface area contributed by atoms with E-state index in [0.717, 1.165) is 43.8 Å². The second-order valence-electron chi connectivity index (χ2n) is 7.21. The number of carbonyl (C=O) groups is 4. The Hall–Kier alpha value is -2.74. The van der Waals surface area contributed by atoms with E-state index in [1.807, 2.05) is 6.92 Å². The average Bonchev–Trinajstić information content (AvgIpc) is 2.95. The van der Waals surface area contributed by atoms with E-state index in [4.69, 9.17) is 4.74 Å². The SMILES string of the molecule is CCOCCCCCCNc1cccc2c1C(=O)N(C1CCC(=O)NC1=O)C2=O. The molecule has 8 nitrogen and oxygen atoms in total. The number of amides is 4. The summed E-state index contributed by atoms with van der Waals surface area (Å²) in [4.78, 5) is 50.3. The fraction of sp³-hybridized carbons (Fsp3) is 0.524. The van der Waals surface area contributed by atoms with Crippen LogP contribution in [0.2, 0.25) is 0 Å². The van der Waals surface area contributed by atoms with Gasteiger partial charge in [-0.15, -0.1) is 0 Å². The maximum atomic E-state index is 13.0. The van der Waals surface area contributed by atoms with Crippen LogP contribution in [0.4, 0.5) is 5.69 Å². The molecule has 0 aromatic heterocycles. The smallest absolute Gasteiger partial charge is 0.264 e. The van der Waals surface area contributed by atoms with Crippen molar-refractivity contribution in [2.75, 3.05) is 25.1 Å². The molecule has 0 radical (unpaired) electrons. The lowest BCUT2D eigenvalue weighted by atomic mass is 10.0. The van der Waals surface area contributed by atoms with Crippen LogP contribution in [0.25, 0.3) is 0 Å². The molecule has 1 aromatic carbocycles. The highest BCUT2D eigenvalue weighted by Crippen LogP contribution is 2.32. The molecule has 0 aliphatic carbocycles. The van der Waals surface area contributed by atoms with Crippen LogP contribution in [0.15, 0.2) is 18.2 Å². The van der Waals surface area contributed by atoms with Gasteiger partial charge in [0.1, 0.15) is 6.04 Å². The molecule has 4 amide bonds. The van der Waals surface area contributed by atoms with Crippen LogP contribution in [0.1, 0.15) is 66.2 Å². The summed E-state index contributed by atoms with van der Waals surface area (Å²) >= 11 is 0. The molecule has 8 heteroatoms. The van der Waals surface area contributed by atoms with Gasteiger partial charge in [0.2, 0.25) is 11.8 Å². The van der Waals surface area contributed by atoms with E-state index < -0.39 is 23.8 Å². The van der Waals surface area contributed by atoms with E-state index >= 15 is 0 Å². The van der Waals surface area contributed by atoms with Crippen LogP contribution in [0, 0.1) is 0 Å². The molecule has 2 heterocycles. The summed E-state index contributed by atoms with van der Waals surface area (Å²) in [5.74, 6) is -1.96. The lowest BCUT2D eigenvalue weighted by molar-refractivity contribution is -0.136. The minimum atomic E-state index is -0.946. The quantitative estimate of drug-likeness (QED) is 0.460. The van der Waals surface area contributed by atoms with E-state index in [0.29, 0.717) is 23.4 Å². The van der Waals surface area contributed by atoms with Gasteiger partial charge in [-0.1, -0.05) is 18.9 Å². The first-order valence-corrected chi connectivity index (χ1v) is 10.2. The Morgan fingerprint density at radius 2 is 1.90 bits per heavy atom. The van der Waals surface area contributed by atoms with E-state index in [1.54, 1.807) is 18.2 Å². The van der Waals surface area contributed by atoms with E-state index in [9.17, 15) is 19.2 Å². The topological polar surface area (TPSA) is 105 Å². The van der Waals surface area contributed by atoms with Gasteiger partial charge in [-0.2, -0.15) is 0 Å². The zero-order valence-corrected chi connectivity index (χ0v) is 16.7. The number of rotatable bonds is 10. The van der Waals surface area contributed by atoms with Gasteiger partial charge in [0.05, 0.1) is 11.1 Å². The summed E-state index contributed by atoms with van der Waals surface area (Å²) in [5.41, 5.74) is 1.20. The van der Waals surface area contributed by atoms with Gasteiger partial charge < -0.3 is 10.1 Å². The summed E-state index contributed by atoms with van der Waals surface area (Å²) < 4.78 is 5.32. The molecule has 2 aliphatic rings. The maximum absolute atomic E-state index is 13.0. The van der Waals surface area contributed by atoms with Gasteiger partial charge in [-0.25, -0.2) is 0 Å². The number of benzene rings is 1. The molecule has 1 unspecified atom stereocenters.